The lowest BCUT2D eigenvalue weighted by Gasteiger charge is -2.18. The van der Waals surface area contributed by atoms with Gasteiger partial charge in [0.1, 0.15) is 0 Å². The van der Waals surface area contributed by atoms with E-state index in [1.807, 2.05) is 6.92 Å². The molecular formula is C15H28N2O4. The first kappa shape index (κ1) is 19.4. The fourth-order valence-corrected chi connectivity index (χ4v) is 1.78. The van der Waals surface area contributed by atoms with E-state index in [1.54, 1.807) is 20.8 Å². The topological polar surface area (TPSA) is 95.5 Å². The number of carbonyl (C=O) groups is 3. The second kappa shape index (κ2) is 9.37. The number of amides is 2. The molecular weight excluding hydrogens is 272 g/mol. The van der Waals surface area contributed by atoms with Gasteiger partial charge in [-0.2, -0.15) is 0 Å². The normalized spacial score (nSPS) is 12.6. The molecule has 0 saturated carbocycles. The minimum Gasteiger partial charge on any atom is -0.481 e. The van der Waals surface area contributed by atoms with Crippen LogP contribution in [0.3, 0.4) is 0 Å². The van der Waals surface area contributed by atoms with Gasteiger partial charge >= 0.3 is 5.97 Å². The smallest absolute Gasteiger partial charge is 0.303 e. The molecule has 0 aliphatic carbocycles. The monoisotopic (exact) mass is 300 g/mol. The zero-order chi connectivity index (χ0) is 16.5. The number of hydrogen-bond donors (Lipinski definition) is 3. The average molecular weight is 300 g/mol. The Labute approximate surface area is 126 Å². The predicted molar refractivity (Wildman–Crippen MR) is 80.7 cm³/mol. The van der Waals surface area contributed by atoms with E-state index >= 15 is 0 Å². The molecule has 0 saturated heterocycles. The van der Waals surface area contributed by atoms with Gasteiger partial charge in [-0.05, 0) is 18.8 Å². The van der Waals surface area contributed by atoms with Gasteiger partial charge in [0.2, 0.25) is 11.8 Å². The van der Waals surface area contributed by atoms with Crippen LogP contribution in [0.2, 0.25) is 0 Å². The number of rotatable bonds is 9. The maximum atomic E-state index is 11.6. The van der Waals surface area contributed by atoms with Gasteiger partial charge in [0.15, 0.2) is 0 Å². The molecule has 6 nitrogen and oxygen atoms in total. The zero-order valence-corrected chi connectivity index (χ0v) is 13.5. The lowest BCUT2D eigenvalue weighted by molar-refractivity contribution is -0.137. The third-order valence-electron chi connectivity index (χ3n) is 3.31. The van der Waals surface area contributed by atoms with Crippen LogP contribution >= 0.6 is 0 Å². The molecule has 0 heterocycles. The van der Waals surface area contributed by atoms with Gasteiger partial charge in [-0.25, -0.2) is 0 Å². The van der Waals surface area contributed by atoms with Crippen molar-refractivity contribution in [3.63, 3.8) is 0 Å². The highest BCUT2D eigenvalue weighted by Gasteiger charge is 2.21. The Hall–Kier alpha value is -1.59. The Morgan fingerprint density at radius 2 is 1.71 bits per heavy atom. The number of nitrogens with one attached hydrogen (secondary N) is 2. The summed E-state index contributed by atoms with van der Waals surface area (Å²) in [5, 5.41) is 14.0. The van der Waals surface area contributed by atoms with E-state index in [0.29, 0.717) is 18.9 Å². The van der Waals surface area contributed by atoms with E-state index in [2.05, 4.69) is 10.6 Å². The maximum Gasteiger partial charge on any atom is 0.303 e. The van der Waals surface area contributed by atoms with E-state index in [9.17, 15) is 14.4 Å². The van der Waals surface area contributed by atoms with Gasteiger partial charge in [-0.15, -0.1) is 0 Å². The Morgan fingerprint density at radius 1 is 1.10 bits per heavy atom. The summed E-state index contributed by atoms with van der Waals surface area (Å²) in [6.45, 7) is 7.85. The van der Waals surface area contributed by atoms with E-state index in [-0.39, 0.29) is 24.8 Å². The van der Waals surface area contributed by atoms with Crippen LogP contribution in [0.15, 0.2) is 0 Å². The van der Waals surface area contributed by atoms with Gasteiger partial charge in [0, 0.05) is 18.4 Å². The molecule has 0 aromatic carbocycles. The van der Waals surface area contributed by atoms with Crippen molar-refractivity contribution in [3.8, 4) is 0 Å². The summed E-state index contributed by atoms with van der Waals surface area (Å²) in [5.74, 6) is -0.876. The molecule has 0 bridgehead atoms. The first-order valence-corrected chi connectivity index (χ1v) is 7.43. The van der Waals surface area contributed by atoms with Crippen molar-refractivity contribution in [2.24, 2.45) is 11.3 Å². The molecule has 0 aromatic rings. The molecule has 0 aromatic heterocycles. The number of aliphatic carboxylic acids is 1. The van der Waals surface area contributed by atoms with E-state index in [0.717, 1.165) is 12.8 Å². The molecule has 3 N–H and O–H groups in total. The first-order valence-electron chi connectivity index (χ1n) is 7.43. The molecule has 0 rings (SSSR count). The van der Waals surface area contributed by atoms with Crippen molar-refractivity contribution in [3.05, 3.63) is 0 Å². The Kier molecular flexibility index (Phi) is 8.66. The summed E-state index contributed by atoms with van der Waals surface area (Å²) in [5.41, 5.74) is -0.510. The second-order valence-electron chi connectivity index (χ2n) is 6.28. The molecule has 0 aliphatic rings. The number of hydrogen-bond acceptors (Lipinski definition) is 3. The first-order chi connectivity index (χ1) is 9.66. The maximum absolute atomic E-state index is 11.6. The van der Waals surface area contributed by atoms with Crippen molar-refractivity contribution in [1.82, 2.24) is 10.6 Å². The molecule has 122 valence electrons. The SMILES string of the molecule is CCC(CCNC(=O)CNC(=O)C(C)(C)C)CCC(=O)O. The van der Waals surface area contributed by atoms with E-state index in [1.165, 1.54) is 0 Å². The van der Waals surface area contributed by atoms with Crippen molar-refractivity contribution in [1.29, 1.82) is 0 Å². The summed E-state index contributed by atoms with van der Waals surface area (Å²) in [4.78, 5) is 33.7. The largest absolute Gasteiger partial charge is 0.481 e. The van der Waals surface area contributed by atoms with Crippen LogP contribution in [0.5, 0.6) is 0 Å². The van der Waals surface area contributed by atoms with Crippen LogP contribution < -0.4 is 10.6 Å². The van der Waals surface area contributed by atoms with Crippen LogP contribution in [0.1, 0.15) is 53.4 Å². The van der Waals surface area contributed by atoms with Gasteiger partial charge in [-0.3, -0.25) is 14.4 Å². The third-order valence-corrected chi connectivity index (χ3v) is 3.31. The molecule has 0 aliphatic heterocycles. The summed E-state index contributed by atoms with van der Waals surface area (Å²) < 4.78 is 0. The van der Waals surface area contributed by atoms with Gasteiger partial charge < -0.3 is 15.7 Å². The predicted octanol–water partition coefficient (Wildman–Crippen LogP) is 1.55. The molecule has 1 atom stereocenters. The van der Waals surface area contributed by atoms with Crippen molar-refractivity contribution in [2.45, 2.75) is 53.4 Å². The highest BCUT2D eigenvalue weighted by Crippen LogP contribution is 2.14. The Balaban J connectivity index is 3.87. The number of carboxylic acid groups (broad SMARTS) is 1. The van der Waals surface area contributed by atoms with Gasteiger partial charge in [0.05, 0.1) is 6.54 Å². The Bertz CT molecular complexity index is 361. The van der Waals surface area contributed by atoms with E-state index in [4.69, 9.17) is 5.11 Å². The Morgan fingerprint density at radius 3 is 2.19 bits per heavy atom. The van der Waals surface area contributed by atoms with Crippen LogP contribution in [0, 0.1) is 11.3 Å². The molecule has 0 spiro atoms. The molecule has 21 heavy (non-hydrogen) atoms. The van der Waals surface area contributed by atoms with E-state index < -0.39 is 11.4 Å². The van der Waals surface area contributed by atoms with Crippen LogP contribution in [0.25, 0.3) is 0 Å². The third kappa shape index (κ3) is 9.87. The summed E-state index contributed by atoms with van der Waals surface area (Å²) in [6, 6.07) is 0. The minimum absolute atomic E-state index is 0.0258. The highest BCUT2D eigenvalue weighted by molar-refractivity contribution is 5.87. The molecule has 0 fully saturated rings. The fraction of sp³-hybridized carbons (Fsp3) is 0.800. The average Bonchev–Trinajstić information content (AvgIpc) is 2.38. The van der Waals surface area contributed by atoms with Crippen molar-refractivity contribution in [2.75, 3.05) is 13.1 Å². The highest BCUT2D eigenvalue weighted by atomic mass is 16.4. The van der Waals surface area contributed by atoms with Gasteiger partial charge in [-0.1, -0.05) is 34.1 Å². The van der Waals surface area contributed by atoms with Crippen LogP contribution in [0.4, 0.5) is 0 Å². The number of carboxylic acids is 1. The van der Waals surface area contributed by atoms with Crippen molar-refractivity contribution < 1.29 is 19.5 Å². The molecule has 2 amide bonds. The van der Waals surface area contributed by atoms with Crippen LogP contribution in [-0.4, -0.2) is 36.0 Å². The summed E-state index contributed by atoms with van der Waals surface area (Å²) in [7, 11) is 0. The summed E-state index contributed by atoms with van der Waals surface area (Å²) >= 11 is 0. The minimum atomic E-state index is -0.789. The quantitative estimate of drug-likeness (QED) is 0.602. The fourth-order valence-electron chi connectivity index (χ4n) is 1.78. The standard InChI is InChI=1S/C15H28N2O4/c1-5-11(6-7-13(19)20)8-9-16-12(18)10-17-14(21)15(2,3)4/h11H,5-10H2,1-4H3,(H,16,18)(H,17,21)(H,19,20). The zero-order valence-electron chi connectivity index (χ0n) is 13.5. The molecule has 0 radical (unpaired) electrons. The van der Waals surface area contributed by atoms with Gasteiger partial charge in [0.25, 0.3) is 0 Å². The second-order valence-corrected chi connectivity index (χ2v) is 6.28. The number of carbonyl (C=O) groups excluding carboxylic acids is 2. The van der Waals surface area contributed by atoms with Crippen molar-refractivity contribution >= 4 is 17.8 Å². The lowest BCUT2D eigenvalue weighted by atomic mass is 9.96. The lowest BCUT2D eigenvalue weighted by Crippen LogP contribution is -2.42. The molecule has 1 unspecified atom stereocenters. The van der Waals surface area contributed by atoms with Crippen LogP contribution in [-0.2, 0) is 14.4 Å². The summed E-state index contributed by atoms with van der Waals surface area (Å²) in [6.07, 6.45) is 2.43. The molecule has 6 heteroatoms.